The Morgan fingerprint density at radius 3 is 2.41 bits per heavy atom. The van der Waals surface area contributed by atoms with Crippen molar-refractivity contribution >= 4 is 29.1 Å². The lowest BCUT2D eigenvalue weighted by Gasteiger charge is -2.09. The molecular formula is C16H19ClN8O2. The molecule has 11 heteroatoms. The van der Waals surface area contributed by atoms with Crippen LogP contribution in [-0.4, -0.2) is 41.2 Å². The van der Waals surface area contributed by atoms with Crippen LogP contribution < -0.4 is 10.6 Å². The van der Waals surface area contributed by atoms with Gasteiger partial charge in [0, 0.05) is 39.4 Å². The fourth-order valence-corrected chi connectivity index (χ4v) is 2.93. The van der Waals surface area contributed by atoms with E-state index < -0.39 is 5.91 Å². The molecular weight excluding hydrogens is 372 g/mol. The highest BCUT2D eigenvalue weighted by molar-refractivity contribution is 6.34. The van der Waals surface area contributed by atoms with Crippen molar-refractivity contribution in [2.24, 2.45) is 21.1 Å². The van der Waals surface area contributed by atoms with Crippen LogP contribution in [0.4, 0.5) is 5.69 Å². The summed E-state index contributed by atoms with van der Waals surface area (Å²) in [7, 11) is 5.04. The van der Waals surface area contributed by atoms with Crippen LogP contribution in [0.3, 0.4) is 0 Å². The topological polar surface area (TPSA) is 112 Å². The fourth-order valence-electron chi connectivity index (χ4n) is 2.69. The number of aromatic nitrogens is 6. The lowest BCUT2D eigenvalue weighted by Crippen LogP contribution is -2.27. The summed E-state index contributed by atoms with van der Waals surface area (Å²) in [5, 5.41) is 18.0. The number of halogens is 1. The van der Waals surface area contributed by atoms with Gasteiger partial charge in [-0.1, -0.05) is 11.6 Å². The lowest BCUT2D eigenvalue weighted by molar-refractivity contribution is 0.0942. The molecule has 10 nitrogen and oxygen atoms in total. The maximum Gasteiger partial charge on any atom is 0.275 e. The van der Waals surface area contributed by atoms with Crippen LogP contribution in [0.2, 0.25) is 5.02 Å². The van der Waals surface area contributed by atoms with Crippen molar-refractivity contribution in [3.05, 3.63) is 46.3 Å². The number of amides is 2. The minimum absolute atomic E-state index is 0.208. The molecule has 0 unspecified atom stereocenters. The molecule has 0 aliphatic heterocycles. The molecule has 2 N–H and O–H groups in total. The Morgan fingerprint density at radius 1 is 1.07 bits per heavy atom. The molecule has 0 spiro atoms. The van der Waals surface area contributed by atoms with Gasteiger partial charge in [-0.2, -0.15) is 15.3 Å². The van der Waals surface area contributed by atoms with Gasteiger partial charge in [-0.15, -0.1) is 0 Å². The van der Waals surface area contributed by atoms with Gasteiger partial charge in [0.25, 0.3) is 11.8 Å². The summed E-state index contributed by atoms with van der Waals surface area (Å²) in [6.07, 6.45) is 4.88. The van der Waals surface area contributed by atoms with Gasteiger partial charge in [0.05, 0.1) is 28.8 Å². The van der Waals surface area contributed by atoms with Gasteiger partial charge in [0.15, 0.2) is 0 Å². The van der Waals surface area contributed by atoms with Gasteiger partial charge >= 0.3 is 0 Å². The zero-order chi connectivity index (χ0) is 19.7. The number of hydrogen-bond acceptors (Lipinski definition) is 5. The molecule has 3 heterocycles. The van der Waals surface area contributed by atoms with Crippen molar-refractivity contribution in [2.45, 2.75) is 13.5 Å². The van der Waals surface area contributed by atoms with Crippen molar-refractivity contribution in [3.63, 3.8) is 0 Å². The second-order valence-corrected chi connectivity index (χ2v) is 6.44. The minimum atomic E-state index is -0.475. The molecule has 0 fully saturated rings. The number of nitrogens with zero attached hydrogens (tertiary/aromatic N) is 6. The Morgan fingerprint density at radius 2 is 1.81 bits per heavy atom. The molecule has 3 aromatic rings. The van der Waals surface area contributed by atoms with E-state index in [0.29, 0.717) is 12.2 Å². The van der Waals surface area contributed by atoms with E-state index in [1.165, 1.54) is 15.6 Å². The number of hydrogen-bond donors (Lipinski definition) is 2. The Balaban J connectivity index is 1.77. The number of carbonyl (C=O) groups excluding carboxylic acids is 2. The third kappa shape index (κ3) is 3.70. The molecule has 0 aromatic carbocycles. The third-order valence-corrected chi connectivity index (χ3v) is 4.43. The quantitative estimate of drug-likeness (QED) is 0.675. The number of rotatable bonds is 5. The van der Waals surface area contributed by atoms with E-state index in [9.17, 15) is 9.59 Å². The fraction of sp³-hybridized carbons (Fsp3) is 0.312. The number of aryl methyl sites for hydroxylation is 4. The van der Waals surface area contributed by atoms with E-state index >= 15 is 0 Å². The minimum Gasteiger partial charge on any atom is -0.346 e. The van der Waals surface area contributed by atoms with Crippen molar-refractivity contribution < 1.29 is 9.59 Å². The Labute approximate surface area is 160 Å². The summed E-state index contributed by atoms with van der Waals surface area (Å²) in [4.78, 5) is 25.2. The highest BCUT2D eigenvalue weighted by Gasteiger charge is 2.23. The van der Waals surface area contributed by atoms with Crippen molar-refractivity contribution in [3.8, 4) is 0 Å². The van der Waals surface area contributed by atoms with Gasteiger partial charge < -0.3 is 10.6 Å². The van der Waals surface area contributed by atoms with Crippen LogP contribution >= 0.6 is 11.6 Å². The molecule has 0 radical (unpaired) electrons. The predicted molar refractivity (Wildman–Crippen MR) is 98.5 cm³/mol. The first-order valence-electron chi connectivity index (χ1n) is 8.06. The second-order valence-electron chi connectivity index (χ2n) is 6.06. The van der Waals surface area contributed by atoms with Crippen LogP contribution in [0.5, 0.6) is 0 Å². The average Bonchev–Trinajstić information content (AvgIpc) is 3.24. The summed E-state index contributed by atoms with van der Waals surface area (Å²) < 4.78 is 4.44. The van der Waals surface area contributed by atoms with Crippen LogP contribution in [0.25, 0.3) is 0 Å². The molecule has 0 bridgehead atoms. The highest BCUT2D eigenvalue weighted by atomic mass is 35.5. The first kappa shape index (κ1) is 18.6. The number of anilines is 1. The highest BCUT2D eigenvalue weighted by Crippen LogP contribution is 2.22. The lowest BCUT2D eigenvalue weighted by atomic mass is 10.3. The molecule has 3 rings (SSSR count). The summed E-state index contributed by atoms with van der Waals surface area (Å²) in [5.41, 5.74) is 2.11. The molecule has 0 saturated carbocycles. The van der Waals surface area contributed by atoms with Crippen LogP contribution in [0.15, 0.2) is 18.6 Å². The van der Waals surface area contributed by atoms with E-state index in [-0.39, 0.29) is 28.0 Å². The Kier molecular flexibility index (Phi) is 5.00. The molecule has 0 atom stereocenters. The largest absolute Gasteiger partial charge is 0.346 e. The van der Waals surface area contributed by atoms with Crippen molar-refractivity contribution in [1.29, 1.82) is 0 Å². The summed E-state index contributed by atoms with van der Waals surface area (Å²) >= 11 is 6.15. The van der Waals surface area contributed by atoms with Crippen molar-refractivity contribution in [2.75, 3.05) is 5.32 Å². The molecule has 142 valence electrons. The predicted octanol–water partition coefficient (Wildman–Crippen LogP) is 1.03. The van der Waals surface area contributed by atoms with E-state index in [1.54, 1.807) is 45.1 Å². The number of carbonyl (C=O) groups is 2. The van der Waals surface area contributed by atoms with Gasteiger partial charge in [-0.05, 0) is 6.92 Å². The average molecular weight is 391 g/mol. The first-order valence-corrected chi connectivity index (χ1v) is 8.44. The van der Waals surface area contributed by atoms with Crippen LogP contribution in [0, 0.1) is 6.92 Å². The first-order chi connectivity index (χ1) is 12.8. The van der Waals surface area contributed by atoms with Gasteiger partial charge in [0.1, 0.15) is 11.4 Å². The maximum atomic E-state index is 12.6. The summed E-state index contributed by atoms with van der Waals surface area (Å²) in [6, 6.07) is 0. The zero-order valence-electron chi connectivity index (χ0n) is 15.3. The molecule has 0 aliphatic rings. The smallest absolute Gasteiger partial charge is 0.275 e. The maximum absolute atomic E-state index is 12.6. The monoisotopic (exact) mass is 390 g/mol. The SMILES string of the molecule is Cc1nn(C)c(C(=O)Nc2cnn(C)c2C(=O)NCc2cnn(C)c2)c1Cl. The second kappa shape index (κ2) is 7.23. The summed E-state index contributed by atoms with van der Waals surface area (Å²) in [6.45, 7) is 2.01. The normalized spacial score (nSPS) is 10.9. The van der Waals surface area contributed by atoms with Gasteiger partial charge in [-0.25, -0.2) is 0 Å². The van der Waals surface area contributed by atoms with E-state index in [4.69, 9.17) is 11.6 Å². The Hall–Kier alpha value is -3.14. The molecule has 27 heavy (non-hydrogen) atoms. The van der Waals surface area contributed by atoms with Gasteiger partial charge in [-0.3, -0.25) is 23.6 Å². The third-order valence-electron chi connectivity index (χ3n) is 3.98. The van der Waals surface area contributed by atoms with E-state index in [2.05, 4.69) is 25.9 Å². The molecule has 0 saturated heterocycles. The number of nitrogens with one attached hydrogen (secondary N) is 2. The van der Waals surface area contributed by atoms with Gasteiger partial charge in [0.2, 0.25) is 0 Å². The molecule has 0 aliphatic carbocycles. The van der Waals surface area contributed by atoms with Crippen LogP contribution in [0.1, 0.15) is 32.2 Å². The van der Waals surface area contributed by atoms with E-state index in [1.807, 2.05) is 0 Å². The van der Waals surface area contributed by atoms with E-state index in [0.717, 1.165) is 5.56 Å². The standard InChI is InChI=1S/C16H19ClN8O2/c1-9-12(17)14(25(4)22-9)16(27)21-11-7-20-24(3)13(11)15(26)18-5-10-6-19-23(2)8-10/h6-8H,5H2,1-4H3,(H,18,26)(H,21,27). The molecule has 3 aromatic heterocycles. The summed E-state index contributed by atoms with van der Waals surface area (Å²) in [5.74, 6) is -0.848. The Bertz CT molecular complexity index is 1020. The molecule has 2 amide bonds. The van der Waals surface area contributed by atoms with Crippen LogP contribution in [-0.2, 0) is 27.7 Å². The zero-order valence-corrected chi connectivity index (χ0v) is 16.1. The van der Waals surface area contributed by atoms with Crippen molar-refractivity contribution in [1.82, 2.24) is 34.7 Å².